The molecule has 9 nitrogen and oxygen atoms in total. The molecule has 0 fully saturated rings. The van der Waals surface area contributed by atoms with Gasteiger partial charge in [0, 0.05) is 43.4 Å². The first-order valence-electron chi connectivity index (χ1n) is 10.3. The van der Waals surface area contributed by atoms with Crippen LogP contribution in [0, 0.1) is 0 Å². The average molecular weight is 423 g/mol. The van der Waals surface area contributed by atoms with E-state index in [9.17, 15) is 0 Å². The van der Waals surface area contributed by atoms with Crippen LogP contribution >= 0.6 is 0 Å². The minimum absolute atomic E-state index is 0.550. The fourth-order valence-electron chi connectivity index (χ4n) is 3.28. The second-order valence-electron chi connectivity index (χ2n) is 7.09. The molecule has 0 amide bonds. The van der Waals surface area contributed by atoms with Gasteiger partial charge in [-0.25, -0.2) is 24.9 Å². The summed E-state index contributed by atoms with van der Waals surface area (Å²) in [5.41, 5.74) is 3.40. The topological polar surface area (TPSA) is 106 Å². The van der Waals surface area contributed by atoms with Crippen molar-refractivity contribution in [1.29, 1.82) is 0 Å². The maximum atomic E-state index is 4.73. The van der Waals surface area contributed by atoms with Crippen LogP contribution in [0.3, 0.4) is 0 Å². The summed E-state index contributed by atoms with van der Waals surface area (Å²) in [6.07, 6.45) is 8.84. The maximum absolute atomic E-state index is 4.73. The summed E-state index contributed by atoms with van der Waals surface area (Å²) in [4.78, 5) is 26.9. The molecule has 5 rings (SSSR count). The van der Waals surface area contributed by atoms with E-state index < -0.39 is 0 Å². The van der Waals surface area contributed by atoms with Crippen LogP contribution in [-0.4, -0.2) is 34.5 Å². The Morgan fingerprint density at radius 3 is 2.56 bits per heavy atom. The number of rotatable bonds is 7. The number of hydrogen-bond acceptors (Lipinski definition) is 8. The molecule has 0 saturated carbocycles. The number of nitrogens with zero attached hydrogens (tertiary/aromatic N) is 7. The Morgan fingerprint density at radius 2 is 1.81 bits per heavy atom. The molecule has 0 aliphatic rings. The molecule has 0 unspecified atom stereocenters. The van der Waals surface area contributed by atoms with Crippen molar-refractivity contribution in [1.82, 2.24) is 34.5 Å². The predicted molar refractivity (Wildman–Crippen MR) is 123 cm³/mol. The highest BCUT2D eigenvalue weighted by atomic mass is 15.2. The molecule has 5 heterocycles. The number of anilines is 3. The summed E-state index contributed by atoms with van der Waals surface area (Å²) in [6.45, 7) is 3.38. The van der Waals surface area contributed by atoms with Crippen LogP contribution in [0.1, 0.15) is 12.5 Å². The van der Waals surface area contributed by atoms with Crippen LogP contribution in [0.5, 0.6) is 0 Å². The van der Waals surface area contributed by atoms with E-state index in [0.29, 0.717) is 18.2 Å². The number of hydrogen-bond donors (Lipinski definition) is 2. The van der Waals surface area contributed by atoms with Gasteiger partial charge in [0.25, 0.3) is 0 Å². The van der Waals surface area contributed by atoms with Gasteiger partial charge < -0.3 is 15.2 Å². The summed E-state index contributed by atoms with van der Waals surface area (Å²) < 4.78 is 2.00. The van der Waals surface area contributed by atoms with E-state index in [-0.39, 0.29) is 0 Å². The van der Waals surface area contributed by atoms with Gasteiger partial charge >= 0.3 is 0 Å². The smallest absolute Gasteiger partial charge is 0.166 e. The van der Waals surface area contributed by atoms with Gasteiger partial charge in [0.05, 0.1) is 6.33 Å². The third kappa shape index (κ3) is 4.08. The van der Waals surface area contributed by atoms with Gasteiger partial charge in [-0.15, -0.1) is 0 Å². The molecule has 5 aromatic heterocycles. The molecule has 158 valence electrons. The molecule has 5 aromatic rings. The van der Waals surface area contributed by atoms with Gasteiger partial charge in [0.1, 0.15) is 17.2 Å². The Bertz CT molecular complexity index is 1320. The van der Waals surface area contributed by atoms with E-state index in [1.165, 1.54) is 0 Å². The second-order valence-corrected chi connectivity index (χ2v) is 7.09. The average Bonchev–Trinajstić information content (AvgIpc) is 3.28. The summed E-state index contributed by atoms with van der Waals surface area (Å²) in [5.74, 6) is 2.77. The number of pyridine rings is 3. The largest absolute Gasteiger partial charge is 0.364 e. The van der Waals surface area contributed by atoms with E-state index in [2.05, 4.69) is 37.5 Å². The molecule has 32 heavy (non-hydrogen) atoms. The van der Waals surface area contributed by atoms with Crippen LogP contribution in [0.4, 0.5) is 17.5 Å². The summed E-state index contributed by atoms with van der Waals surface area (Å²) in [5, 5.41) is 6.58. The molecule has 0 spiro atoms. The van der Waals surface area contributed by atoms with Gasteiger partial charge in [-0.3, -0.25) is 4.98 Å². The van der Waals surface area contributed by atoms with E-state index in [1.54, 1.807) is 24.9 Å². The first-order chi connectivity index (χ1) is 15.8. The van der Waals surface area contributed by atoms with E-state index >= 15 is 0 Å². The predicted octanol–water partition coefficient (Wildman–Crippen LogP) is 4.05. The number of aryl methyl sites for hydroxylation is 1. The Balaban J connectivity index is 1.38. The Hall–Kier alpha value is -4.40. The van der Waals surface area contributed by atoms with Crippen LogP contribution < -0.4 is 10.6 Å². The molecule has 0 radical (unpaired) electrons. The lowest BCUT2D eigenvalue weighted by atomic mass is 10.2. The third-order valence-corrected chi connectivity index (χ3v) is 4.93. The van der Waals surface area contributed by atoms with Gasteiger partial charge in [0.15, 0.2) is 17.3 Å². The second kappa shape index (κ2) is 8.76. The van der Waals surface area contributed by atoms with Gasteiger partial charge in [-0.05, 0) is 42.8 Å². The SMILES string of the molecule is CCn1cnc2c(NCc3ccc(Nc4ccccn4)nc3)nc(-c3cccnc3)nc21. The van der Waals surface area contributed by atoms with Gasteiger partial charge in [-0.1, -0.05) is 12.1 Å². The number of nitrogens with one attached hydrogen (secondary N) is 2. The number of fused-ring (bicyclic) bond motifs is 1. The van der Waals surface area contributed by atoms with Crippen molar-refractivity contribution in [3.63, 3.8) is 0 Å². The van der Waals surface area contributed by atoms with Crippen molar-refractivity contribution >= 4 is 28.6 Å². The monoisotopic (exact) mass is 423 g/mol. The summed E-state index contributed by atoms with van der Waals surface area (Å²) in [6, 6.07) is 13.5. The molecule has 0 saturated heterocycles. The normalized spacial score (nSPS) is 10.9. The first kappa shape index (κ1) is 19.6. The minimum atomic E-state index is 0.550. The van der Waals surface area contributed by atoms with Crippen molar-refractivity contribution < 1.29 is 0 Å². The Labute approximate surface area is 184 Å². The molecular weight excluding hydrogens is 402 g/mol. The molecule has 0 aliphatic carbocycles. The summed E-state index contributed by atoms with van der Waals surface area (Å²) in [7, 11) is 0. The zero-order chi connectivity index (χ0) is 21.8. The Morgan fingerprint density at radius 1 is 0.875 bits per heavy atom. The first-order valence-corrected chi connectivity index (χ1v) is 10.3. The highest BCUT2D eigenvalue weighted by molar-refractivity contribution is 5.85. The lowest BCUT2D eigenvalue weighted by Gasteiger charge is -2.10. The quantitative estimate of drug-likeness (QED) is 0.404. The maximum Gasteiger partial charge on any atom is 0.166 e. The molecule has 0 aliphatic heterocycles. The van der Waals surface area contributed by atoms with Crippen LogP contribution in [0.2, 0.25) is 0 Å². The molecule has 9 heteroatoms. The zero-order valence-corrected chi connectivity index (χ0v) is 17.5. The number of aromatic nitrogens is 7. The van der Waals surface area contributed by atoms with Crippen LogP contribution in [0.25, 0.3) is 22.6 Å². The van der Waals surface area contributed by atoms with Crippen LogP contribution in [-0.2, 0) is 13.1 Å². The van der Waals surface area contributed by atoms with Gasteiger partial charge in [0.2, 0.25) is 0 Å². The fraction of sp³-hybridized carbons (Fsp3) is 0.130. The lowest BCUT2D eigenvalue weighted by Crippen LogP contribution is -2.06. The molecule has 0 bridgehead atoms. The van der Waals surface area contributed by atoms with E-state index in [0.717, 1.165) is 40.5 Å². The highest BCUT2D eigenvalue weighted by Crippen LogP contribution is 2.24. The minimum Gasteiger partial charge on any atom is -0.364 e. The van der Waals surface area contributed by atoms with Crippen molar-refractivity contribution in [2.75, 3.05) is 10.6 Å². The van der Waals surface area contributed by atoms with Crippen molar-refractivity contribution in [3.8, 4) is 11.4 Å². The standard InChI is InChI=1S/C23H21N9/c1-2-32-15-28-20-22(30-21(31-23(20)32)17-6-5-10-24-14-17)27-13-16-8-9-19(26-12-16)29-18-7-3-4-11-25-18/h3-12,14-15H,2,13H2,1H3,(H,25,26,29)(H,27,30,31). The molecule has 0 aromatic carbocycles. The van der Waals surface area contributed by atoms with Crippen molar-refractivity contribution in [3.05, 3.63) is 79.1 Å². The Kier molecular flexibility index (Phi) is 5.36. The van der Waals surface area contributed by atoms with Crippen LogP contribution in [0.15, 0.2) is 73.6 Å². The molecule has 0 atom stereocenters. The van der Waals surface area contributed by atoms with Crippen molar-refractivity contribution in [2.24, 2.45) is 0 Å². The molecule has 2 N–H and O–H groups in total. The third-order valence-electron chi connectivity index (χ3n) is 4.93. The zero-order valence-electron chi connectivity index (χ0n) is 17.5. The number of imidazole rings is 1. The lowest BCUT2D eigenvalue weighted by molar-refractivity contribution is 0.777. The van der Waals surface area contributed by atoms with Crippen molar-refractivity contribution in [2.45, 2.75) is 20.0 Å². The van der Waals surface area contributed by atoms with E-state index in [4.69, 9.17) is 9.97 Å². The fourth-order valence-corrected chi connectivity index (χ4v) is 3.28. The molecular formula is C23H21N9. The van der Waals surface area contributed by atoms with Gasteiger partial charge in [-0.2, -0.15) is 0 Å². The van der Waals surface area contributed by atoms with E-state index in [1.807, 2.05) is 53.2 Å². The summed E-state index contributed by atoms with van der Waals surface area (Å²) >= 11 is 0. The highest BCUT2D eigenvalue weighted by Gasteiger charge is 2.14.